The van der Waals surface area contributed by atoms with Crippen LogP contribution in [-0.2, 0) is 20.0 Å². The van der Waals surface area contributed by atoms with Crippen LogP contribution in [0, 0.1) is 0 Å². The van der Waals surface area contributed by atoms with Crippen molar-refractivity contribution in [1.82, 2.24) is 9.44 Å². The molecule has 0 aliphatic heterocycles. The zero-order valence-electron chi connectivity index (χ0n) is 14.5. The molecule has 8 nitrogen and oxygen atoms in total. The van der Waals surface area contributed by atoms with E-state index in [1.54, 1.807) is 0 Å². The fourth-order valence-corrected chi connectivity index (χ4v) is 3.87. The second-order valence-corrected chi connectivity index (χ2v) is 9.01. The van der Waals surface area contributed by atoms with E-state index in [4.69, 9.17) is 0 Å². The van der Waals surface area contributed by atoms with Crippen LogP contribution in [-0.4, -0.2) is 36.3 Å². The number of amides is 1. The topological polar surface area (TPSA) is 121 Å². The number of carbonyl (C=O) groups excluding carboxylic acids is 1. The number of hydrogen-bond donors (Lipinski definition) is 3. The molecule has 0 fully saturated rings. The summed E-state index contributed by atoms with van der Waals surface area (Å²) >= 11 is 0. The Balaban J connectivity index is 2.19. The highest BCUT2D eigenvalue weighted by Crippen LogP contribution is 2.16. The third-order valence-corrected chi connectivity index (χ3v) is 6.37. The van der Waals surface area contributed by atoms with Crippen molar-refractivity contribution in [2.75, 3.05) is 18.9 Å². The van der Waals surface area contributed by atoms with Gasteiger partial charge in [0.2, 0.25) is 20.0 Å². The molecule has 0 atom stereocenters. The molecule has 0 aromatic heterocycles. The summed E-state index contributed by atoms with van der Waals surface area (Å²) in [6.07, 6.45) is 1.41. The highest BCUT2D eigenvalue weighted by molar-refractivity contribution is 7.89. The van der Waals surface area contributed by atoms with Crippen LogP contribution < -0.4 is 14.8 Å². The van der Waals surface area contributed by atoms with Crippen LogP contribution in [0.5, 0.6) is 0 Å². The molecule has 2 rings (SSSR count). The van der Waals surface area contributed by atoms with Crippen molar-refractivity contribution in [2.45, 2.75) is 9.79 Å². The molecule has 144 valence electrons. The molecular formula is C17H19N3O5S2. The molecule has 0 saturated carbocycles. The Bertz CT molecular complexity index is 1050. The third kappa shape index (κ3) is 5.23. The van der Waals surface area contributed by atoms with Crippen LogP contribution in [0.15, 0.2) is 71.0 Å². The highest BCUT2D eigenvalue weighted by atomic mass is 32.2. The van der Waals surface area contributed by atoms with Gasteiger partial charge < -0.3 is 5.32 Å². The fraction of sp³-hybridized carbons (Fsp3) is 0.118. The maximum atomic E-state index is 12.4. The van der Waals surface area contributed by atoms with Crippen molar-refractivity contribution in [3.63, 3.8) is 0 Å². The quantitative estimate of drug-likeness (QED) is 0.568. The summed E-state index contributed by atoms with van der Waals surface area (Å²) in [5.74, 6) is -0.528. The van der Waals surface area contributed by atoms with Gasteiger partial charge in [0, 0.05) is 17.8 Å². The Hall–Kier alpha value is -2.53. The molecule has 27 heavy (non-hydrogen) atoms. The molecule has 2 aromatic rings. The first-order valence-corrected chi connectivity index (χ1v) is 10.7. The van der Waals surface area contributed by atoms with Gasteiger partial charge in [-0.2, -0.15) is 0 Å². The van der Waals surface area contributed by atoms with E-state index in [0.717, 1.165) is 0 Å². The maximum absolute atomic E-state index is 12.4. The smallest absolute Gasteiger partial charge is 0.255 e. The summed E-state index contributed by atoms with van der Waals surface area (Å²) in [5, 5.41) is 2.59. The second kappa shape index (κ2) is 8.44. The zero-order valence-corrected chi connectivity index (χ0v) is 16.1. The number of anilines is 1. The van der Waals surface area contributed by atoms with Crippen molar-refractivity contribution in [2.24, 2.45) is 0 Å². The lowest BCUT2D eigenvalue weighted by Crippen LogP contribution is -2.24. The predicted octanol–water partition coefficient (Wildman–Crippen LogP) is 1.31. The van der Waals surface area contributed by atoms with Gasteiger partial charge in [-0.1, -0.05) is 12.1 Å². The summed E-state index contributed by atoms with van der Waals surface area (Å²) < 4.78 is 52.2. The van der Waals surface area contributed by atoms with Gasteiger partial charge in [0.15, 0.2) is 0 Å². The molecule has 1 amide bonds. The molecular weight excluding hydrogens is 390 g/mol. The van der Waals surface area contributed by atoms with Crippen molar-refractivity contribution < 1.29 is 21.6 Å². The van der Waals surface area contributed by atoms with E-state index in [1.807, 2.05) is 0 Å². The Morgan fingerprint density at radius 2 is 1.67 bits per heavy atom. The Labute approximate surface area is 158 Å². The van der Waals surface area contributed by atoms with Crippen molar-refractivity contribution >= 4 is 31.6 Å². The largest absolute Gasteiger partial charge is 0.322 e. The maximum Gasteiger partial charge on any atom is 0.255 e. The molecule has 0 spiro atoms. The fourth-order valence-electron chi connectivity index (χ4n) is 2.09. The van der Waals surface area contributed by atoms with E-state index in [1.165, 1.54) is 61.7 Å². The predicted molar refractivity (Wildman–Crippen MR) is 102 cm³/mol. The van der Waals surface area contributed by atoms with Gasteiger partial charge in [0.1, 0.15) is 0 Å². The van der Waals surface area contributed by atoms with E-state index in [-0.39, 0.29) is 21.9 Å². The molecule has 0 saturated heterocycles. The lowest BCUT2D eigenvalue weighted by atomic mass is 10.2. The van der Waals surface area contributed by atoms with Gasteiger partial charge >= 0.3 is 0 Å². The van der Waals surface area contributed by atoms with Crippen molar-refractivity contribution in [3.05, 3.63) is 66.7 Å². The lowest BCUT2D eigenvalue weighted by molar-refractivity contribution is 0.102. The monoisotopic (exact) mass is 409 g/mol. The van der Waals surface area contributed by atoms with Gasteiger partial charge in [0.05, 0.1) is 9.79 Å². The van der Waals surface area contributed by atoms with E-state index in [9.17, 15) is 21.6 Å². The molecule has 3 N–H and O–H groups in total. The van der Waals surface area contributed by atoms with Crippen LogP contribution in [0.25, 0.3) is 0 Å². The first kappa shape index (κ1) is 20.8. The minimum absolute atomic E-state index is 0.0486. The zero-order chi connectivity index (χ0) is 20.1. The molecule has 0 radical (unpaired) electrons. The van der Waals surface area contributed by atoms with Gasteiger partial charge in [0.25, 0.3) is 5.91 Å². The molecule has 0 aliphatic rings. The number of benzene rings is 2. The normalized spacial score (nSPS) is 11.7. The molecule has 0 heterocycles. The van der Waals surface area contributed by atoms with Crippen LogP contribution in [0.2, 0.25) is 0 Å². The molecule has 2 aromatic carbocycles. The van der Waals surface area contributed by atoms with Gasteiger partial charge in [-0.25, -0.2) is 26.3 Å². The third-order valence-electron chi connectivity index (χ3n) is 3.52. The lowest BCUT2D eigenvalue weighted by Gasteiger charge is -2.09. The first-order valence-electron chi connectivity index (χ1n) is 7.75. The number of hydrogen-bond acceptors (Lipinski definition) is 5. The Morgan fingerprint density at radius 3 is 2.26 bits per heavy atom. The molecule has 0 unspecified atom stereocenters. The van der Waals surface area contributed by atoms with Crippen LogP contribution in [0.4, 0.5) is 5.69 Å². The minimum Gasteiger partial charge on any atom is -0.322 e. The number of carbonyl (C=O) groups is 1. The van der Waals surface area contributed by atoms with E-state index in [2.05, 4.69) is 21.3 Å². The van der Waals surface area contributed by atoms with Crippen LogP contribution >= 0.6 is 0 Å². The first-order chi connectivity index (χ1) is 12.7. The summed E-state index contributed by atoms with van der Waals surface area (Å²) in [6.45, 7) is 3.51. The van der Waals surface area contributed by atoms with Crippen molar-refractivity contribution in [1.29, 1.82) is 0 Å². The van der Waals surface area contributed by atoms with Crippen LogP contribution in [0.3, 0.4) is 0 Å². The van der Waals surface area contributed by atoms with E-state index >= 15 is 0 Å². The van der Waals surface area contributed by atoms with Crippen LogP contribution in [0.1, 0.15) is 10.4 Å². The minimum atomic E-state index is -3.75. The van der Waals surface area contributed by atoms with Gasteiger partial charge in [-0.3, -0.25) is 4.79 Å². The summed E-state index contributed by atoms with van der Waals surface area (Å²) in [4.78, 5) is 12.4. The number of nitrogens with one attached hydrogen (secondary N) is 3. The summed E-state index contributed by atoms with van der Waals surface area (Å²) in [5.41, 5.74) is 0.511. The Kier molecular flexibility index (Phi) is 6.50. The van der Waals surface area contributed by atoms with Crippen molar-refractivity contribution in [3.8, 4) is 0 Å². The second-order valence-electron chi connectivity index (χ2n) is 5.35. The van der Waals surface area contributed by atoms with E-state index < -0.39 is 26.0 Å². The SMILES string of the molecule is C=CCNS(=O)(=O)c1cccc(C(=O)Nc2ccc(S(=O)(=O)NC)cc2)c1. The average Bonchev–Trinajstić information content (AvgIpc) is 2.67. The van der Waals surface area contributed by atoms with Gasteiger partial charge in [-0.05, 0) is 49.5 Å². The highest BCUT2D eigenvalue weighted by Gasteiger charge is 2.16. The molecule has 0 bridgehead atoms. The summed E-state index contributed by atoms with van der Waals surface area (Å²) in [6, 6.07) is 11.1. The standard InChI is InChI=1S/C17H19N3O5S2/c1-3-11-19-27(24,25)16-6-4-5-13(12-16)17(21)20-14-7-9-15(10-8-14)26(22,23)18-2/h3-10,12,18-19H,1,11H2,2H3,(H,20,21). The Morgan fingerprint density at radius 1 is 1.00 bits per heavy atom. The summed E-state index contributed by atoms with van der Waals surface area (Å²) in [7, 11) is -6.02. The van der Waals surface area contributed by atoms with Gasteiger partial charge in [-0.15, -0.1) is 6.58 Å². The average molecular weight is 409 g/mol. The number of rotatable bonds is 8. The number of sulfonamides is 2. The molecule has 0 aliphatic carbocycles. The van der Waals surface area contributed by atoms with E-state index in [0.29, 0.717) is 5.69 Å². The molecule has 10 heteroatoms.